The maximum Gasteiger partial charge on any atom is 0.326 e. The largest absolute Gasteiger partial charge is 0.480 e. The van der Waals surface area contributed by atoms with Crippen LogP contribution in [0, 0.1) is 5.92 Å². The minimum Gasteiger partial charge on any atom is -0.480 e. The van der Waals surface area contributed by atoms with Crippen molar-refractivity contribution in [3.8, 4) is 0 Å². The van der Waals surface area contributed by atoms with E-state index in [1.165, 1.54) is 0 Å². The minimum absolute atomic E-state index is 0.000675. The summed E-state index contributed by atoms with van der Waals surface area (Å²) in [6, 6.07) is -3.27. The van der Waals surface area contributed by atoms with Crippen molar-refractivity contribution in [3.05, 3.63) is 0 Å². The standard InChI is InChI=1S/C19H36N6O6/c1-11(2)9-14(18(29)24-13(19(30)31)6-7-15(22)26)25-17(28)12(5-3-4-8-20)23-16(27)10-21/h11-14H,3-10,20-21H2,1-2H3,(H2,22,26)(H,23,27)(H,24,29)(H,25,28)(H,30,31). The van der Waals surface area contributed by atoms with Crippen molar-refractivity contribution in [2.75, 3.05) is 13.1 Å². The fraction of sp³-hybridized carbons (Fsp3) is 0.737. The Morgan fingerprint density at radius 1 is 0.839 bits per heavy atom. The normalized spacial score (nSPS) is 13.7. The number of hydrogen-bond donors (Lipinski definition) is 7. The number of primary amides is 1. The molecule has 0 aromatic carbocycles. The molecular weight excluding hydrogens is 408 g/mol. The summed E-state index contributed by atoms with van der Waals surface area (Å²) in [5, 5.41) is 16.7. The second-order valence-electron chi connectivity index (χ2n) is 7.70. The lowest BCUT2D eigenvalue weighted by molar-refractivity contribution is -0.142. The maximum atomic E-state index is 12.8. The lowest BCUT2D eigenvalue weighted by Crippen LogP contribution is -2.56. The molecule has 0 aromatic rings. The number of unbranched alkanes of at least 4 members (excludes halogenated alkanes) is 1. The van der Waals surface area contributed by atoms with Gasteiger partial charge in [0.25, 0.3) is 0 Å². The highest BCUT2D eigenvalue weighted by molar-refractivity contribution is 5.93. The van der Waals surface area contributed by atoms with Crippen molar-refractivity contribution >= 4 is 29.6 Å². The quantitative estimate of drug-likeness (QED) is 0.131. The molecule has 12 heteroatoms. The second kappa shape index (κ2) is 15.1. The predicted octanol–water partition coefficient (Wildman–Crippen LogP) is -2.08. The van der Waals surface area contributed by atoms with Gasteiger partial charge in [0, 0.05) is 6.42 Å². The third-order valence-corrected chi connectivity index (χ3v) is 4.42. The summed E-state index contributed by atoms with van der Waals surface area (Å²) in [6.07, 6.45) is 1.38. The third kappa shape index (κ3) is 12.5. The highest BCUT2D eigenvalue weighted by atomic mass is 16.4. The van der Waals surface area contributed by atoms with E-state index in [0.29, 0.717) is 25.8 Å². The Morgan fingerprint density at radius 3 is 1.90 bits per heavy atom. The highest BCUT2D eigenvalue weighted by Gasteiger charge is 2.29. The molecule has 0 radical (unpaired) electrons. The lowest BCUT2D eigenvalue weighted by Gasteiger charge is -2.25. The molecular formula is C19H36N6O6. The average molecular weight is 445 g/mol. The Hall–Kier alpha value is -2.73. The number of hydrogen-bond acceptors (Lipinski definition) is 7. The minimum atomic E-state index is -1.33. The van der Waals surface area contributed by atoms with Gasteiger partial charge < -0.3 is 38.3 Å². The first-order valence-corrected chi connectivity index (χ1v) is 10.3. The van der Waals surface area contributed by atoms with E-state index < -0.39 is 47.7 Å². The number of carbonyl (C=O) groups excluding carboxylic acids is 4. The van der Waals surface area contributed by atoms with Crippen LogP contribution in [0.1, 0.15) is 52.4 Å². The first-order valence-electron chi connectivity index (χ1n) is 10.3. The SMILES string of the molecule is CC(C)CC(NC(=O)C(CCCCN)NC(=O)CN)C(=O)NC(CCC(N)=O)C(=O)O. The number of carboxylic acids is 1. The van der Waals surface area contributed by atoms with E-state index in [2.05, 4.69) is 16.0 Å². The van der Waals surface area contributed by atoms with Gasteiger partial charge in [-0.3, -0.25) is 19.2 Å². The zero-order valence-electron chi connectivity index (χ0n) is 18.2. The van der Waals surface area contributed by atoms with E-state index >= 15 is 0 Å². The molecule has 0 bridgehead atoms. The first kappa shape index (κ1) is 28.3. The zero-order chi connectivity index (χ0) is 24.0. The van der Waals surface area contributed by atoms with E-state index in [1.807, 2.05) is 13.8 Å². The second-order valence-corrected chi connectivity index (χ2v) is 7.70. The van der Waals surface area contributed by atoms with E-state index in [4.69, 9.17) is 17.2 Å². The van der Waals surface area contributed by atoms with Crippen molar-refractivity contribution in [2.24, 2.45) is 23.1 Å². The van der Waals surface area contributed by atoms with E-state index in [0.717, 1.165) is 0 Å². The molecule has 0 spiro atoms. The van der Waals surface area contributed by atoms with Crippen molar-refractivity contribution in [2.45, 2.75) is 70.5 Å². The van der Waals surface area contributed by atoms with Crippen molar-refractivity contribution in [3.63, 3.8) is 0 Å². The summed E-state index contributed by atoms with van der Waals surface area (Å²) >= 11 is 0. The van der Waals surface area contributed by atoms with Crippen molar-refractivity contribution in [1.82, 2.24) is 16.0 Å². The van der Waals surface area contributed by atoms with Gasteiger partial charge in [-0.15, -0.1) is 0 Å². The topological polar surface area (TPSA) is 220 Å². The summed E-state index contributed by atoms with van der Waals surface area (Å²) in [7, 11) is 0. The predicted molar refractivity (Wildman–Crippen MR) is 113 cm³/mol. The van der Waals surface area contributed by atoms with Gasteiger partial charge >= 0.3 is 5.97 Å². The fourth-order valence-electron chi connectivity index (χ4n) is 2.81. The summed E-state index contributed by atoms with van der Waals surface area (Å²) in [4.78, 5) is 59.5. The van der Waals surface area contributed by atoms with Crippen LogP contribution < -0.4 is 33.2 Å². The van der Waals surface area contributed by atoms with Gasteiger partial charge in [0.15, 0.2) is 0 Å². The number of nitrogens with one attached hydrogen (secondary N) is 3. The number of nitrogens with two attached hydrogens (primary N) is 3. The van der Waals surface area contributed by atoms with Crippen LogP contribution >= 0.6 is 0 Å². The van der Waals surface area contributed by atoms with Gasteiger partial charge in [-0.2, -0.15) is 0 Å². The Labute approximate surface area is 182 Å². The molecule has 0 heterocycles. The molecule has 0 rings (SSSR count). The van der Waals surface area contributed by atoms with Gasteiger partial charge in [-0.05, 0) is 44.6 Å². The van der Waals surface area contributed by atoms with E-state index in [9.17, 15) is 29.1 Å². The summed E-state index contributed by atoms with van der Waals surface area (Å²) in [6.45, 7) is 3.81. The van der Waals surface area contributed by atoms with Crippen LogP contribution in [0.2, 0.25) is 0 Å². The van der Waals surface area contributed by atoms with Gasteiger partial charge in [-0.1, -0.05) is 13.8 Å². The van der Waals surface area contributed by atoms with Crippen LogP contribution in [-0.2, 0) is 24.0 Å². The molecule has 0 aliphatic rings. The molecule has 3 atom stereocenters. The van der Waals surface area contributed by atoms with E-state index in [-0.39, 0.29) is 31.7 Å². The van der Waals surface area contributed by atoms with Crippen molar-refractivity contribution < 1.29 is 29.1 Å². The van der Waals surface area contributed by atoms with Gasteiger partial charge in [0.05, 0.1) is 6.54 Å². The molecule has 3 unspecified atom stereocenters. The van der Waals surface area contributed by atoms with Crippen LogP contribution in [0.15, 0.2) is 0 Å². The summed E-state index contributed by atoms with van der Waals surface area (Å²) in [5.41, 5.74) is 15.8. The van der Waals surface area contributed by atoms with Gasteiger partial charge in [0.1, 0.15) is 18.1 Å². The molecule has 10 N–H and O–H groups in total. The number of carboxylic acid groups (broad SMARTS) is 1. The average Bonchev–Trinajstić information content (AvgIpc) is 2.68. The highest BCUT2D eigenvalue weighted by Crippen LogP contribution is 2.09. The van der Waals surface area contributed by atoms with Crippen LogP contribution in [0.4, 0.5) is 0 Å². The monoisotopic (exact) mass is 444 g/mol. The first-order chi connectivity index (χ1) is 14.5. The number of amides is 4. The fourth-order valence-corrected chi connectivity index (χ4v) is 2.81. The maximum absolute atomic E-state index is 12.8. The number of rotatable bonds is 16. The smallest absolute Gasteiger partial charge is 0.326 e. The van der Waals surface area contributed by atoms with Crippen LogP contribution in [-0.4, -0.2) is 65.9 Å². The number of aliphatic carboxylic acids is 1. The third-order valence-electron chi connectivity index (χ3n) is 4.42. The van der Waals surface area contributed by atoms with Gasteiger partial charge in [-0.25, -0.2) is 4.79 Å². The zero-order valence-corrected chi connectivity index (χ0v) is 18.2. The van der Waals surface area contributed by atoms with Gasteiger partial charge in [0.2, 0.25) is 23.6 Å². The Balaban J connectivity index is 5.32. The van der Waals surface area contributed by atoms with Crippen LogP contribution in [0.5, 0.6) is 0 Å². The molecule has 0 fully saturated rings. The Bertz CT molecular complexity index is 627. The molecule has 31 heavy (non-hydrogen) atoms. The number of carbonyl (C=O) groups is 5. The lowest BCUT2D eigenvalue weighted by atomic mass is 10.0. The van der Waals surface area contributed by atoms with Crippen LogP contribution in [0.25, 0.3) is 0 Å². The molecule has 0 aliphatic heterocycles. The molecule has 0 saturated carbocycles. The molecule has 0 aromatic heterocycles. The molecule has 0 aliphatic carbocycles. The molecule has 0 saturated heterocycles. The molecule has 178 valence electrons. The Morgan fingerprint density at radius 2 is 1.42 bits per heavy atom. The summed E-state index contributed by atoms with van der Waals surface area (Å²) < 4.78 is 0. The molecule has 4 amide bonds. The summed E-state index contributed by atoms with van der Waals surface area (Å²) in [5.74, 6) is -3.81. The van der Waals surface area contributed by atoms with Crippen LogP contribution in [0.3, 0.4) is 0 Å². The Kier molecular flexibility index (Phi) is 13.8. The molecule has 12 nitrogen and oxygen atoms in total. The van der Waals surface area contributed by atoms with E-state index in [1.54, 1.807) is 0 Å². The van der Waals surface area contributed by atoms with Crippen molar-refractivity contribution in [1.29, 1.82) is 0 Å².